The first kappa shape index (κ1) is 9.90. The molecular weight excluding hydrogens is 212 g/mol. The lowest BCUT2D eigenvalue weighted by Crippen LogP contribution is -1.92. The molecular formula is C14H12N2O. The molecule has 0 fully saturated rings. The monoisotopic (exact) mass is 224 g/mol. The van der Waals surface area contributed by atoms with Crippen molar-refractivity contribution in [1.82, 2.24) is 4.98 Å². The van der Waals surface area contributed by atoms with Crippen molar-refractivity contribution in [1.29, 1.82) is 0 Å². The predicted octanol–water partition coefficient (Wildman–Crippen LogP) is 3.39. The molecule has 0 saturated heterocycles. The van der Waals surface area contributed by atoms with Crippen molar-refractivity contribution in [3.05, 3.63) is 48.0 Å². The number of rotatable bonds is 1. The average molecular weight is 224 g/mol. The van der Waals surface area contributed by atoms with Crippen molar-refractivity contribution in [3.63, 3.8) is 0 Å². The number of para-hydroxylation sites is 2. The van der Waals surface area contributed by atoms with Crippen LogP contribution in [0.15, 0.2) is 46.9 Å². The van der Waals surface area contributed by atoms with Gasteiger partial charge in [0.25, 0.3) is 0 Å². The molecule has 84 valence electrons. The van der Waals surface area contributed by atoms with Crippen LogP contribution in [0.25, 0.3) is 22.6 Å². The van der Waals surface area contributed by atoms with Crippen LogP contribution in [-0.4, -0.2) is 4.98 Å². The number of benzene rings is 2. The third kappa shape index (κ3) is 1.56. The number of oxazole rings is 1. The summed E-state index contributed by atoms with van der Waals surface area (Å²) in [5, 5.41) is 0. The summed E-state index contributed by atoms with van der Waals surface area (Å²) in [5.41, 5.74) is 10.2. The van der Waals surface area contributed by atoms with Crippen molar-refractivity contribution in [2.24, 2.45) is 0 Å². The number of anilines is 1. The number of aromatic nitrogens is 1. The molecule has 3 heteroatoms. The molecule has 0 aliphatic heterocycles. The third-order valence-electron chi connectivity index (χ3n) is 2.81. The van der Waals surface area contributed by atoms with E-state index < -0.39 is 0 Å². The Morgan fingerprint density at radius 2 is 1.88 bits per heavy atom. The van der Waals surface area contributed by atoms with Crippen molar-refractivity contribution >= 4 is 16.8 Å². The van der Waals surface area contributed by atoms with E-state index in [-0.39, 0.29) is 0 Å². The zero-order valence-electron chi connectivity index (χ0n) is 9.47. The van der Waals surface area contributed by atoms with Crippen LogP contribution in [-0.2, 0) is 0 Å². The van der Waals surface area contributed by atoms with E-state index in [1.54, 1.807) is 0 Å². The third-order valence-corrected chi connectivity index (χ3v) is 2.81. The maximum Gasteiger partial charge on any atom is 0.229 e. The molecule has 0 atom stereocenters. The summed E-state index contributed by atoms with van der Waals surface area (Å²) < 4.78 is 5.72. The molecule has 0 amide bonds. The summed E-state index contributed by atoms with van der Waals surface area (Å²) in [6, 6.07) is 13.5. The van der Waals surface area contributed by atoms with Gasteiger partial charge in [-0.15, -0.1) is 0 Å². The highest BCUT2D eigenvalue weighted by atomic mass is 16.3. The molecule has 0 aliphatic rings. The Labute approximate surface area is 98.9 Å². The van der Waals surface area contributed by atoms with Crippen molar-refractivity contribution in [2.75, 3.05) is 5.73 Å². The Bertz CT molecular complexity index is 632. The second-order valence-electron chi connectivity index (χ2n) is 4.03. The Hall–Kier alpha value is -2.29. The van der Waals surface area contributed by atoms with Crippen LogP contribution in [0, 0.1) is 6.92 Å². The summed E-state index contributed by atoms with van der Waals surface area (Å²) in [7, 11) is 0. The van der Waals surface area contributed by atoms with E-state index in [0.29, 0.717) is 11.6 Å². The van der Waals surface area contributed by atoms with E-state index in [1.165, 1.54) is 0 Å². The topological polar surface area (TPSA) is 52.0 Å². The van der Waals surface area contributed by atoms with Crippen LogP contribution < -0.4 is 5.73 Å². The molecule has 0 spiro atoms. The van der Waals surface area contributed by atoms with Crippen molar-refractivity contribution in [3.8, 4) is 11.5 Å². The van der Waals surface area contributed by atoms with Crippen LogP contribution in [0.2, 0.25) is 0 Å². The molecule has 17 heavy (non-hydrogen) atoms. The standard InChI is InChI=1S/C14H12N2O/c1-9-5-4-6-10(15)13(9)14-16-11-7-2-3-8-12(11)17-14/h2-8H,15H2,1H3. The minimum atomic E-state index is 0.585. The Morgan fingerprint density at radius 1 is 1.06 bits per heavy atom. The summed E-state index contributed by atoms with van der Waals surface area (Å²) in [6.07, 6.45) is 0. The smallest absolute Gasteiger partial charge is 0.229 e. The quantitative estimate of drug-likeness (QED) is 0.644. The molecule has 0 aliphatic carbocycles. The largest absolute Gasteiger partial charge is 0.436 e. The van der Waals surface area contributed by atoms with Crippen molar-refractivity contribution < 1.29 is 4.42 Å². The second kappa shape index (κ2) is 3.63. The van der Waals surface area contributed by atoms with Gasteiger partial charge in [0.1, 0.15) is 5.52 Å². The van der Waals surface area contributed by atoms with E-state index in [2.05, 4.69) is 4.98 Å². The minimum Gasteiger partial charge on any atom is -0.436 e. The number of hydrogen-bond acceptors (Lipinski definition) is 3. The molecule has 0 radical (unpaired) electrons. The van der Waals surface area contributed by atoms with Crippen LogP contribution in [0.5, 0.6) is 0 Å². The lowest BCUT2D eigenvalue weighted by molar-refractivity contribution is 0.619. The Kier molecular flexibility index (Phi) is 2.11. The first-order valence-electron chi connectivity index (χ1n) is 5.47. The molecule has 0 saturated carbocycles. The molecule has 1 heterocycles. The molecule has 3 aromatic rings. The van der Waals surface area contributed by atoms with Gasteiger partial charge < -0.3 is 10.2 Å². The van der Waals surface area contributed by atoms with E-state index in [4.69, 9.17) is 10.2 Å². The Morgan fingerprint density at radius 3 is 2.65 bits per heavy atom. The number of nitrogens with two attached hydrogens (primary N) is 1. The van der Waals surface area contributed by atoms with E-state index >= 15 is 0 Å². The maximum absolute atomic E-state index is 5.98. The average Bonchev–Trinajstić information content (AvgIpc) is 2.71. The summed E-state index contributed by atoms with van der Waals surface area (Å²) in [4.78, 5) is 4.46. The number of nitrogen functional groups attached to an aromatic ring is 1. The highest BCUT2D eigenvalue weighted by Gasteiger charge is 2.12. The number of fused-ring (bicyclic) bond motifs is 1. The Balaban J connectivity index is 2.27. The van der Waals surface area contributed by atoms with Crippen LogP contribution in [0.3, 0.4) is 0 Å². The predicted molar refractivity (Wildman–Crippen MR) is 68.6 cm³/mol. The van der Waals surface area contributed by atoms with Gasteiger partial charge in [0.2, 0.25) is 5.89 Å². The summed E-state index contributed by atoms with van der Waals surface area (Å²) in [5.74, 6) is 0.585. The molecule has 0 bridgehead atoms. The number of aryl methyl sites for hydroxylation is 1. The highest BCUT2D eigenvalue weighted by Crippen LogP contribution is 2.30. The molecule has 2 aromatic carbocycles. The minimum absolute atomic E-state index is 0.585. The van der Waals surface area contributed by atoms with E-state index in [0.717, 1.165) is 22.2 Å². The lowest BCUT2D eigenvalue weighted by Gasteiger charge is -2.04. The van der Waals surface area contributed by atoms with Gasteiger partial charge in [-0.2, -0.15) is 0 Å². The van der Waals surface area contributed by atoms with Gasteiger partial charge >= 0.3 is 0 Å². The normalized spacial score (nSPS) is 10.9. The van der Waals surface area contributed by atoms with Gasteiger partial charge in [0.05, 0.1) is 5.56 Å². The first-order valence-corrected chi connectivity index (χ1v) is 5.47. The fraction of sp³-hybridized carbons (Fsp3) is 0.0714. The fourth-order valence-electron chi connectivity index (χ4n) is 1.96. The summed E-state index contributed by atoms with van der Waals surface area (Å²) in [6.45, 7) is 2.00. The van der Waals surface area contributed by atoms with Gasteiger partial charge in [-0.1, -0.05) is 24.3 Å². The maximum atomic E-state index is 5.98. The van der Waals surface area contributed by atoms with Gasteiger partial charge in [-0.3, -0.25) is 0 Å². The number of nitrogens with zero attached hydrogens (tertiary/aromatic N) is 1. The second-order valence-corrected chi connectivity index (χ2v) is 4.03. The SMILES string of the molecule is Cc1cccc(N)c1-c1nc2ccccc2o1. The highest BCUT2D eigenvalue weighted by molar-refractivity contribution is 5.80. The van der Waals surface area contributed by atoms with Crippen LogP contribution >= 0.6 is 0 Å². The lowest BCUT2D eigenvalue weighted by atomic mass is 10.1. The van der Waals surface area contributed by atoms with Gasteiger partial charge in [0.15, 0.2) is 5.58 Å². The van der Waals surface area contributed by atoms with E-state index in [9.17, 15) is 0 Å². The van der Waals surface area contributed by atoms with E-state index in [1.807, 2.05) is 49.4 Å². The molecule has 0 unspecified atom stereocenters. The van der Waals surface area contributed by atoms with Crippen LogP contribution in [0.4, 0.5) is 5.69 Å². The molecule has 3 nitrogen and oxygen atoms in total. The number of hydrogen-bond donors (Lipinski definition) is 1. The summed E-state index contributed by atoms with van der Waals surface area (Å²) >= 11 is 0. The zero-order valence-corrected chi connectivity index (χ0v) is 9.47. The van der Waals surface area contributed by atoms with Gasteiger partial charge in [0, 0.05) is 5.69 Å². The van der Waals surface area contributed by atoms with Gasteiger partial charge in [-0.05, 0) is 30.7 Å². The van der Waals surface area contributed by atoms with Gasteiger partial charge in [-0.25, -0.2) is 4.98 Å². The first-order chi connectivity index (χ1) is 8.25. The fourth-order valence-corrected chi connectivity index (χ4v) is 1.96. The molecule has 3 rings (SSSR count). The molecule has 2 N–H and O–H groups in total. The molecule has 1 aromatic heterocycles. The van der Waals surface area contributed by atoms with Crippen molar-refractivity contribution in [2.45, 2.75) is 6.92 Å². The zero-order chi connectivity index (χ0) is 11.8. The van der Waals surface area contributed by atoms with Crippen LogP contribution in [0.1, 0.15) is 5.56 Å².